The average molecular weight is 284 g/mol. The molecule has 0 spiro atoms. The summed E-state index contributed by atoms with van der Waals surface area (Å²) < 4.78 is 19.3. The lowest BCUT2D eigenvalue weighted by atomic mass is 10.0. The molecule has 0 saturated carbocycles. The van der Waals surface area contributed by atoms with Crippen LogP contribution in [0.2, 0.25) is 0 Å². The van der Waals surface area contributed by atoms with Crippen LogP contribution in [0.4, 0.5) is 4.39 Å². The Labute approximate surface area is 122 Å². The molecule has 0 saturated heterocycles. The van der Waals surface area contributed by atoms with E-state index in [2.05, 4.69) is 10.3 Å². The molecule has 0 aliphatic rings. The van der Waals surface area contributed by atoms with Gasteiger partial charge in [0, 0.05) is 23.3 Å². The van der Waals surface area contributed by atoms with Crippen molar-refractivity contribution in [2.24, 2.45) is 0 Å². The van der Waals surface area contributed by atoms with Crippen LogP contribution in [0.5, 0.6) is 0 Å². The molecule has 1 atom stereocenters. The fourth-order valence-corrected chi connectivity index (χ4v) is 2.62. The molecule has 1 N–H and O–H groups in total. The van der Waals surface area contributed by atoms with Gasteiger partial charge in [0.15, 0.2) is 0 Å². The number of hydrogen-bond donors (Lipinski definition) is 1. The first-order chi connectivity index (χ1) is 10.2. The number of hydrogen-bond acceptors (Lipinski definition) is 3. The number of fused-ring (bicyclic) bond motifs is 1. The van der Waals surface area contributed by atoms with Crippen LogP contribution >= 0.6 is 0 Å². The van der Waals surface area contributed by atoms with Crippen molar-refractivity contribution in [2.45, 2.75) is 19.4 Å². The third-order valence-corrected chi connectivity index (χ3v) is 3.76. The van der Waals surface area contributed by atoms with Crippen LogP contribution in [-0.2, 0) is 6.42 Å². The van der Waals surface area contributed by atoms with Crippen molar-refractivity contribution in [3.63, 3.8) is 0 Å². The molecule has 3 aromatic rings. The van der Waals surface area contributed by atoms with Gasteiger partial charge in [-0.15, -0.1) is 0 Å². The zero-order valence-corrected chi connectivity index (χ0v) is 12.1. The van der Waals surface area contributed by atoms with Crippen LogP contribution in [0.15, 0.2) is 47.1 Å². The molecule has 108 valence electrons. The van der Waals surface area contributed by atoms with Gasteiger partial charge in [-0.2, -0.15) is 0 Å². The Morgan fingerprint density at radius 1 is 1.33 bits per heavy atom. The second kappa shape index (κ2) is 5.66. The minimum Gasteiger partial charge on any atom is -0.459 e. The first-order valence-corrected chi connectivity index (χ1v) is 6.93. The molecule has 1 unspecified atom stereocenters. The van der Waals surface area contributed by atoms with Gasteiger partial charge < -0.3 is 9.73 Å². The maximum atomic E-state index is 13.4. The molecular formula is C17H17FN2O. The summed E-state index contributed by atoms with van der Waals surface area (Å²) in [4.78, 5) is 4.13. The Kier molecular flexibility index (Phi) is 3.71. The van der Waals surface area contributed by atoms with E-state index in [1.54, 1.807) is 12.3 Å². The van der Waals surface area contributed by atoms with Gasteiger partial charge in [-0.05, 0) is 50.2 Å². The van der Waals surface area contributed by atoms with E-state index in [9.17, 15) is 4.39 Å². The third-order valence-electron chi connectivity index (χ3n) is 3.76. The molecular weight excluding hydrogens is 267 g/mol. The van der Waals surface area contributed by atoms with E-state index in [0.29, 0.717) is 0 Å². The summed E-state index contributed by atoms with van der Waals surface area (Å²) in [6.45, 7) is 1.97. The number of benzene rings is 1. The van der Waals surface area contributed by atoms with Crippen molar-refractivity contribution in [1.29, 1.82) is 0 Å². The molecule has 0 amide bonds. The van der Waals surface area contributed by atoms with E-state index in [4.69, 9.17) is 4.42 Å². The van der Waals surface area contributed by atoms with Gasteiger partial charge in [-0.1, -0.05) is 6.07 Å². The van der Waals surface area contributed by atoms with Gasteiger partial charge in [0.25, 0.3) is 0 Å². The van der Waals surface area contributed by atoms with E-state index in [1.165, 1.54) is 12.1 Å². The molecule has 2 heterocycles. The van der Waals surface area contributed by atoms with Gasteiger partial charge in [0.05, 0.1) is 6.04 Å². The second-order valence-electron chi connectivity index (χ2n) is 5.14. The molecule has 0 bridgehead atoms. The van der Waals surface area contributed by atoms with E-state index >= 15 is 0 Å². The first kappa shape index (κ1) is 13.8. The molecule has 0 aliphatic heterocycles. The van der Waals surface area contributed by atoms with Crippen molar-refractivity contribution in [3.8, 4) is 0 Å². The highest BCUT2D eigenvalue weighted by atomic mass is 19.1. The average Bonchev–Trinajstić information content (AvgIpc) is 2.83. The number of nitrogens with zero attached hydrogens (tertiary/aromatic N) is 1. The number of aryl methyl sites for hydroxylation is 1. The van der Waals surface area contributed by atoms with Gasteiger partial charge in [0.2, 0.25) is 0 Å². The van der Waals surface area contributed by atoms with Gasteiger partial charge in [-0.25, -0.2) is 4.39 Å². The van der Waals surface area contributed by atoms with E-state index in [-0.39, 0.29) is 11.9 Å². The van der Waals surface area contributed by atoms with Gasteiger partial charge >= 0.3 is 0 Å². The Morgan fingerprint density at radius 2 is 2.19 bits per heavy atom. The van der Waals surface area contributed by atoms with E-state index < -0.39 is 0 Å². The zero-order valence-electron chi connectivity index (χ0n) is 12.1. The summed E-state index contributed by atoms with van der Waals surface area (Å²) in [6.07, 6.45) is 4.38. The number of likely N-dealkylation sites (N-methyl/N-ethyl adjacent to an activating group) is 1. The number of nitrogens with one attached hydrogen (secondary N) is 1. The molecule has 1 aromatic carbocycles. The van der Waals surface area contributed by atoms with Gasteiger partial charge in [0.1, 0.15) is 17.2 Å². The van der Waals surface area contributed by atoms with Crippen molar-refractivity contribution in [3.05, 3.63) is 65.4 Å². The van der Waals surface area contributed by atoms with Crippen LogP contribution in [0.1, 0.15) is 22.9 Å². The standard InChI is InChI=1S/C17H17FN2O/c1-11-14-9-13(18)5-6-16(14)21-17(11)15(19-2)8-12-4-3-7-20-10-12/h3-7,9-10,15,19H,8H2,1-2H3. The molecule has 4 heteroatoms. The fourth-order valence-electron chi connectivity index (χ4n) is 2.62. The van der Waals surface area contributed by atoms with Crippen molar-refractivity contribution in [2.75, 3.05) is 7.05 Å². The summed E-state index contributed by atoms with van der Waals surface area (Å²) in [6, 6.07) is 8.61. The maximum Gasteiger partial charge on any atom is 0.134 e. The lowest BCUT2D eigenvalue weighted by molar-refractivity contribution is 0.447. The number of halogens is 1. The highest BCUT2D eigenvalue weighted by Gasteiger charge is 2.19. The van der Waals surface area contributed by atoms with Crippen molar-refractivity contribution < 1.29 is 8.81 Å². The monoisotopic (exact) mass is 284 g/mol. The molecule has 3 nitrogen and oxygen atoms in total. The predicted octanol–water partition coefficient (Wildman–Crippen LogP) is 3.78. The molecule has 0 radical (unpaired) electrons. The maximum absolute atomic E-state index is 13.4. The minimum absolute atomic E-state index is 0.0321. The second-order valence-corrected chi connectivity index (χ2v) is 5.14. The summed E-state index contributed by atoms with van der Waals surface area (Å²) in [5.41, 5.74) is 2.82. The minimum atomic E-state index is -0.244. The van der Waals surface area contributed by atoms with Crippen LogP contribution in [0.25, 0.3) is 11.0 Å². The highest BCUT2D eigenvalue weighted by Crippen LogP contribution is 2.31. The first-order valence-electron chi connectivity index (χ1n) is 6.93. The summed E-state index contributed by atoms with van der Waals surface area (Å²) >= 11 is 0. The molecule has 2 aromatic heterocycles. The molecule has 0 aliphatic carbocycles. The van der Waals surface area contributed by atoms with Crippen molar-refractivity contribution >= 4 is 11.0 Å². The normalized spacial score (nSPS) is 12.7. The zero-order chi connectivity index (χ0) is 14.8. The number of aromatic nitrogens is 1. The van der Waals surface area contributed by atoms with E-state index in [1.807, 2.05) is 32.3 Å². The van der Waals surface area contributed by atoms with Gasteiger partial charge in [-0.3, -0.25) is 4.98 Å². The molecule has 21 heavy (non-hydrogen) atoms. The number of rotatable bonds is 4. The topological polar surface area (TPSA) is 38.1 Å². The van der Waals surface area contributed by atoms with Crippen molar-refractivity contribution in [1.82, 2.24) is 10.3 Å². The summed E-state index contributed by atoms with van der Waals surface area (Å²) in [7, 11) is 1.90. The fraction of sp³-hybridized carbons (Fsp3) is 0.235. The van der Waals surface area contributed by atoms with Crippen LogP contribution in [-0.4, -0.2) is 12.0 Å². The Bertz CT molecular complexity index is 752. The predicted molar refractivity (Wildman–Crippen MR) is 80.7 cm³/mol. The number of pyridine rings is 1. The van der Waals surface area contributed by atoms with E-state index in [0.717, 1.165) is 34.3 Å². The lowest BCUT2D eigenvalue weighted by Gasteiger charge is -2.14. The number of furan rings is 1. The Morgan fingerprint density at radius 3 is 2.90 bits per heavy atom. The third kappa shape index (κ3) is 2.67. The Balaban J connectivity index is 1.99. The summed E-state index contributed by atoms with van der Waals surface area (Å²) in [5, 5.41) is 4.10. The quantitative estimate of drug-likeness (QED) is 0.792. The highest BCUT2D eigenvalue weighted by molar-refractivity contribution is 5.82. The Hall–Kier alpha value is -2.20. The summed E-state index contributed by atoms with van der Waals surface area (Å²) in [5.74, 6) is 0.605. The molecule has 3 rings (SSSR count). The largest absolute Gasteiger partial charge is 0.459 e. The van der Waals surface area contributed by atoms with Crippen LogP contribution in [0, 0.1) is 12.7 Å². The van der Waals surface area contributed by atoms with Crippen LogP contribution < -0.4 is 5.32 Å². The molecule has 0 fully saturated rings. The van der Waals surface area contributed by atoms with Crippen LogP contribution in [0.3, 0.4) is 0 Å². The lowest BCUT2D eigenvalue weighted by Crippen LogP contribution is -2.19. The smallest absolute Gasteiger partial charge is 0.134 e. The SMILES string of the molecule is CNC(Cc1cccnc1)c1oc2ccc(F)cc2c1C.